The van der Waals surface area contributed by atoms with E-state index in [4.69, 9.17) is 0 Å². The molecular weight excluding hydrogens is 240 g/mol. The quantitative estimate of drug-likeness (QED) is 0.805. The molecule has 0 aromatic rings. The van der Waals surface area contributed by atoms with Gasteiger partial charge in [0, 0.05) is 12.6 Å². The van der Waals surface area contributed by atoms with Gasteiger partial charge in [-0.1, -0.05) is 27.7 Å². The van der Waals surface area contributed by atoms with Crippen molar-refractivity contribution in [2.45, 2.75) is 65.0 Å². The molecule has 0 heterocycles. The molecule has 2 atom stereocenters. The van der Waals surface area contributed by atoms with Gasteiger partial charge in [0.25, 0.3) is 0 Å². The van der Waals surface area contributed by atoms with Gasteiger partial charge in [0.1, 0.15) is 5.54 Å². The summed E-state index contributed by atoms with van der Waals surface area (Å²) in [6, 6.07) is 0.364. The second-order valence-electron chi connectivity index (χ2n) is 7.14. The molecule has 0 saturated heterocycles. The summed E-state index contributed by atoms with van der Waals surface area (Å²) in [6.07, 6.45) is 3.55. The van der Waals surface area contributed by atoms with Crippen molar-refractivity contribution in [2.24, 2.45) is 5.41 Å². The molecule has 0 bridgehead atoms. The van der Waals surface area contributed by atoms with Crippen molar-refractivity contribution >= 4 is 5.97 Å². The Hall–Kier alpha value is -0.610. The number of aliphatic carboxylic acids is 1. The molecule has 0 spiro atoms. The number of nitrogens with one attached hydrogen (secondary N) is 1. The molecule has 0 aromatic carbocycles. The fourth-order valence-electron chi connectivity index (χ4n) is 3.27. The van der Waals surface area contributed by atoms with Crippen molar-refractivity contribution < 1.29 is 9.90 Å². The van der Waals surface area contributed by atoms with Crippen molar-refractivity contribution in [1.29, 1.82) is 0 Å². The van der Waals surface area contributed by atoms with Crippen LogP contribution in [0.4, 0.5) is 0 Å². The lowest BCUT2D eigenvalue weighted by Crippen LogP contribution is -2.58. The Balaban J connectivity index is 2.74. The molecule has 0 radical (unpaired) electrons. The normalized spacial score (nSPS) is 28.6. The van der Waals surface area contributed by atoms with Crippen molar-refractivity contribution in [3.8, 4) is 0 Å². The first-order chi connectivity index (χ1) is 8.70. The second-order valence-corrected chi connectivity index (χ2v) is 7.14. The number of carbonyl (C=O) groups is 1. The van der Waals surface area contributed by atoms with Gasteiger partial charge >= 0.3 is 5.97 Å². The van der Waals surface area contributed by atoms with E-state index in [1.807, 2.05) is 6.92 Å². The van der Waals surface area contributed by atoms with E-state index in [0.717, 1.165) is 25.8 Å². The molecule has 2 N–H and O–H groups in total. The molecule has 112 valence electrons. The Morgan fingerprint density at radius 1 is 1.47 bits per heavy atom. The van der Waals surface area contributed by atoms with E-state index < -0.39 is 11.5 Å². The van der Waals surface area contributed by atoms with Crippen LogP contribution >= 0.6 is 0 Å². The lowest BCUT2D eigenvalue weighted by molar-refractivity contribution is -0.147. The molecular formula is C15H30N2O2. The van der Waals surface area contributed by atoms with Gasteiger partial charge in [-0.05, 0) is 44.7 Å². The van der Waals surface area contributed by atoms with Gasteiger partial charge in [0.2, 0.25) is 0 Å². The summed E-state index contributed by atoms with van der Waals surface area (Å²) in [5.74, 6) is -0.691. The highest BCUT2D eigenvalue weighted by molar-refractivity contribution is 5.79. The smallest absolute Gasteiger partial charge is 0.323 e. The highest BCUT2D eigenvalue weighted by Gasteiger charge is 2.43. The van der Waals surface area contributed by atoms with Crippen LogP contribution in [0.2, 0.25) is 0 Å². The molecule has 2 unspecified atom stereocenters. The van der Waals surface area contributed by atoms with Crippen LogP contribution in [0.25, 0.3) is 0 Å². The van der Waals surface area contributed by atoms with Crippen LogP contribution < -0.4 is 5.32 Å². The third kappa shape index (κ3) is 4.46. The van der Waals surface area contributed by atoms with Crippen LogP contribution in [0, 0.1) is 5.41 Å². The minimum atomic E-state index is -0.718. The zero-order valence-electron chi connectivity index (χ0n) is 13.1. The van der Waals surface area contributed by atoms with E-state index in [0.29, 0.717) is 19.0 Å². The maximum absolute atomic E-state index is 11.6. The van der Waals surface area contributed by atoms with Crippen molar-refractivity contribution in [2.75, 3.05) is 20.1 Å². The number of likely N-dealkylation sites (N-methyl/N-ethyl adjacent to an activating group) is 1. The largest absolute Gasteiger partial charge is 0.480 e. The fraction of sp³-hybridized carbons (Fsp3) is 0.933. The molecule has 4 heteroatoms. The number of nitrogens with zero attached hydrogens (tertiary/aromatic N) is 1. The Morgan fingerprint density at radius 2 is 2.11 bits per heavy atom. The van der Waals surface area contributed by atoms with Gasteiger partial charge in [-0.2, -0.15) is 0 Å². The van der Waals surface area contributed by atoms with E-state index in [-0.39, 0.29) is 5.41 Å². The van der Waals surface area contributed by atoms with Gasteiger partial charge < -0.3 is 15.3 Å². The SMILES string of the molecule is CCNC1(C(=O)O)CCCC(N(C)CC(C)(C)C)C1. The van der Waals surface area contributed by atoms with E-state index in [9.17, 15) is 9.90 Å². The highest BCUT2D eigenvalue weighted by Crippen LogP contribution is 2.32. The van der Waals surface area contributed by atoms with Crippen LogP contribution in [0.3, 0.4) is 0 Å². The maximum Gasteiger partial charge on any atom is 0.323 e. The predicted octanol–water partition coefficient (Wildman–Crippen LogP) is 2.34. The van der Waals surface area contributed by atoms with Gasteiger partial charge in [-0.25, -0.2) is 0 Å². The molecule has 1 saturated carbocycles. The van der Waals surface area contributed by atoms with E-state index in [1.165, 1.54) is 0 Å². The highest BCUT2D eigenvalue weighted by atomic mass is 16.4. The number of rotatable bonds is 5. The van der Waals surface area contributed by atoms with E-state index in [1.54, 1.807) is 0 Å². The Labute approximate surface area is 117 Å². The summed E-state index contributed by atoms with van der Waals surface area (Å²) >= 11 is 0. The van der Waals surface area contributed by atoms with Gasteiger partial charge in [-0.15, -0.1) is 0 Å². The molecule has 19 heavy (non-hydrogen) atoms. The fourth-order valence-corrected chi connectivity index (χ4v) is 3.27. The molecule has 4 nitrogen and oxygen atoms in total. The Bertz CT molecular complexity index is 308. The van der Waals surface area contributed by atoms with Crippen molar-refractivity contribution in [3.63, 3.8) is 0 Å². The Morgan fingerprint density at radius 3 is 2.58 bits per heavy atom. The maximum atomic E-state index is 11.6. The summed E-state index contributed by atoms with van der Waals surface area (Å²) in [5.41, 5.74) is -0.472. The van der Waals surface area contributed by atoms with E-state index in [2.05, 4.69) is 38.0 Å². The minimum Gasteiger partial charge on any atom is -0.480 e. The number of hydrogen-bond donors (Lipinski definition) is 2. The summed E-state index contributed by atoms with van der Waals surface area (Å²) < 4.78 is 0. The zero-order valence-corrected chi connectivity index (χ0v) is 13.1. The molecule has 0 aromatic heterocycles. The topological polar surface area (TPSA) is 52.6 Å². The molecule has 1 fully saturated rings. The third-order valence-corrected chi connectivity index (χ3v) is 4.00. The first kappa shape index (κ1) is 16.4. The van der Waals surface area contributed by atoms with Crippen LogP contribution in [-0.2, 0) is 4.79 Å². The number of carboxylic acids is 1. The minimum absolute atomic E-state index is 0.246. The van der Waals surface area contributed by atoms with Crippen LogP contribution in [0.15, 0.2) is 0 Å². The summed E-state index contributed by atoms with van der Waals surface area (Å²) in [4.78, 5) is 14.0. The number of hydrogen-bond acceptors (Lipinski definition) is 3. The van der Waals surface area contributed by atoms with E-state index >= 15 is 0 Å². The zero-order chi connectivity index (χ0) is 14.7. The lowest BCUT2D eigenvalue weighted by atomic mass is 9.78. The molecule has 1 rings (SSSR count). The third-order valence-electron chi connectivity index (χ3n) is 4.00. The predicted molar refractivity (Wildman–Crippen MR) is 78.4 cm³/mol. The molecule has 0 aliphatic heterocycles. The first-order valence-corrected chi connectivity index (χ1v) is 7.39. The Kier molecular flexibility index (Phi) is 5.39. The molecule has 1 aliphatic carbocycles. The average Bonchev–Trinajstić information content (AvgIpc) is 2.27. The second kappa shape index (κ2) is 6.23. The van der Waals surface area contributed by atoms with Crippen molar-refractivity contribution in [1.82, 2.24) is 10.2 Å². The standard InChI is InChI=1S/C15H30N2O2/c1-6-16-15(13(18)19)9-7-8-12(10-15)17(5)11-14(2,3)4/h12,16H,6-11H2,1-5H3,(H,18,19). The molecule has 1 aliphatic rings. The van der Waals surface area contributed by atoms with Gasteiger partial charge in [0.15, 0.2) is 0 Å². The number of carboxylic acid groups (broad SMARTS) is 1. The monoisotopic (exact) mass is 270 g/mol. The summed E-state index contributed by atoms with van der Waals surface area (Å²) in [5, 5.41) is 12.8. The van der Waals surface area contributed by atoms with Crippen molar-refractivity contribution in [3.05, 3.63) is 0 Å². The summed E-state index contributed by atoms with van der Waals surface area (Å²) in [7, 11) is 2.12. The first-order valence-electron chi connectivity index (χ1n) is 7.39. The molecule has 0 amide bonds. The van der Waals surface area contributed by atoms with Gasteiger partial charge in [-0.3, -0.25) is 4.79 Å². The van der Waals surface area contributed by atoms with Crippen LogP contribution in [-0.4, -0.2) is 47.7 Å². The summed E-state index contributed by atoms with van der Waals surface area (Å²) in [6.45, 7) is 10.4. The van der Waals surface area contributed by atoms with Crippen LogP contribution in [0.1, 0.15) is 53.4 Å². The van der Waals surface area contributed by atoms with Gasteiger partial charge in [0.05, 0.1) is 0 Å². The average molecular weight is 270 g/mol. The van der Waals surface area contributed by atoms with Crippen LogP contribution in [0.5, 0.6) is 0 Å². The lowest BCUT2D eigenvalue weighted by Gasteiger charge is -2.43.